The van der Waals surface area contributed by atoms with Crippen LogP contribution in [0.15, 0.2) is 30.5 Å². The first-order valence-corrected chi connectivity index (χ1v) is 8.63. The maximum Gasteiger partial charge on any atom is 0.326 e. The Labute approximate surface area is 143 Å². The zero-order chi connectivity index (χ0) is 18.4. The number of amides is 1. The molecule has 132 valence electrons. The number of carbonyl (C=O) groups excluding carboxylic acids is 1. The first-order valence-electron chi connectivity index (χ1n) is 7.19. The molecule has 0 saturated carbocycles. The molecule has 0 radical (unpaired) electrons. The van der Waals surface area contributed by atoms with Gasteiger partial charge in [0, 0.05) is 31.4 Å². The summed E-state index contributed by atoms with van der Waals surface area (Å²) in [5, 5.41) is 9.95. The van der Waals surface area contributed by atoms with Gasteiger partial charge in [-0.25, -0.2) is 18.4 Å². The molecule has 1 saturated heterocycles. The molecule has 1 aromatic heterocycles. The molecule has 2 aromatic rings. The normalized spacial score (nSPS) is 16.0. The number of anilines is 2. The molecule has 0 unspecified atom stereocenters. The summed E-state index contributed by atoms with van der Waals surface area (Å²) in [5.41, 5.74) is -0.118. The van der Waals surface area contributed by atoms with Gasteiger partial charge in [-0.15, -0.1) is 0 Å². The van der Waals surface area contributed by atoms with E-state index in [1.54, 1.807) is 21.8 Å². The summed E-state index contributed by atoms with van der Waals surface area (Å²) in [4.78, 5) is 17.3. The minimum absolute atomic E-state index is 0.0557. The number of phenolic OH excluding ortho intramolecular Hbond substituents is 1. The van der Waals surface area contributed by atoms with Gasteiger partial charge in [0.15, 0.2) is 5.82 Å². The highest BCUT2D eigenvalue weighted by atomic mass is 32.2. The van der Waals surface area contributed by atoms with E-state index in [0.29, 0.717) is 15.7 Å². The molecule has 2 heterocycles. The van der Waals surface area contributed by atoms with Crippen LogP contribution < -0.4 is 13.9 Å². The largest absolute Gasteiger partial charge is 0.506 e. The highest BCUT2D eigenvalue weighted by molar-refractivity contribution is 7.92. The Morgan fingerprint density at radius 1 is 1.28 bits per heavy atom. The molecule has 1 aliphatic heterocycles. The van der Waals surface area contributed by atoms with Crippen LogP contribution >= 0.6 is 0 Å². The lowest BCUT2D eigenvalue weighted by Gasteiger charge is -2.19. The monoisotopic (exact) mass is 366 g/mol. The number of aromatic hydroxyl groups is 1. The summed E-state index contributed by atoms with van der Waals surface area (Å²) < 4.78 is 41.1. The average Bonchev–Trinajstić information content (AvgIpc) is 2.80. The molecule has 1 aliphatic rings. The fourth-order valence-electron chi connectivity index (χ4n) is 2.47. The number of nitrogens with one attached hydrogen (secondary N) is 1. The van der Waals surface area contributed by atoms with Crippen LogP contribution in [0.2, 0.25) is 0 Å². The molecular weight excluding hydrogens is 351 g/mol. The van der Waals surface area contributed by atoms with Crippen molar-refractivity contribution in [3.05, 3.63) is 36.3 Å². The van der Waals surface area contributed by atoms with E-state index in [1.807, 2.05) is 14.1 Å². The van der Waals surface area contributed by atoms with Gasteiger partial charge < -0.3 is 10.0 Å². The second kappa shape index (κ2) is 5.88. The highest BCUT2D eigenvalue weighted by Gasteiger charge is 2.37. The predicted octanol–water partition coefficient (Wildman–Crippen LogP) is 0.840. The minimum Gasteiger partial charge on any atom is -0.506 e. The Balaban J connectivity index is 2.11. The highest BCUT2D eigenvalue weighted by Crippen LogP contribution is 2.38. The van der Waals surface area contributed by atoms with Gasteiger partial charge >= 0.3 is 10.2 Å². The van der Waals surface area contributed by atoms with E-state index in [9.17, 15) is 22.7 Å². The quantitative estimate of drug-likeness (QED) is 0.835. The number of pyridine rings is 1. The van der Waals surface area contributed by atoms with Crippen LogP contribution in [-0.4, -0.2) is 45.1 Å². The molecule has 1 aromatic carbocycles. The van der Waals surface area contributed by atoms with Crippen LogP contribution in [0.3, 0.4) is 0 Å². The van der Waals surface area contributed by atoms with Gasteiger partial charge in [0.25, 0.3) is 5.91 Å². The molecular formula is C15H15FN4O4S. The zero-order valence-electron chi connectivity index (χ0n) is 13.4. The van der Waals surface area contributed by atoms with Gasteiger partial charge in [0.05, 0.1) is 0 Å². The second-order valence-corrected chi connectivity index (χ2v) is 7.23. The number of hydrogen-bond acceptors (Lipinski definition) is 6. The SMILES string of the molecule is CN(C)c1ccc(-c2ccc(O)c(N3CC(=O)NS3(=O)=O)c2F)cn1. The summed E-state index contributed by atoms with van der Waals surface area (Å²) in [5.74, 6) is -1.68. The Morgan fingerprint density at radius 2 is 2.00 bits per heavy atom. The topological polar surface area (TPSA) is 103 Å². The van der Waals surface area contributed by atoms with Crippen molar-refractivity contribution >= 4 is 27.6 Å². The van der Waals surface area contributed by atoms with E-state index in [1.165, 1.54) is 18.3 Å². The fourth-order valence-corrected chi connectivity index (χ4v) is 3.63. The van der Waals surface area contributed by atoms with E-state index in [2.05, 4.69) is 4.98 Å². The molecule has 0 bridgehead atoms. The third-order valence-electron chi connectivity index (χ3n) is 3.68. The number of aromatic nitrogens is 1. The maximum atomic E-state index is 15.0. The van der Waals surface area contributed by atoms with E-state index >= 15 is 0 Å². The number of rotatable bonds is 3. The number of nitrogens with zero attached hydrogens (tertiary/aromatic N) is 3. The fraction of sp³-hybridized carbons (Fsp3) is 0.200. The summed E-state index contributed by atoms with van der Waals surface area (Å²) in [6, 6.07) is 5.80. The standard InChI is InChI=1S/C15H15FN4O4S/c1-19(2)12-6-3-9(7-17-12)10-4-5-11(21)15(14(10)16)20-8-13(22)18-25(20,23)24/h3-7,21H,8H2,1-2H3,(H,18,22). The number of phenols is 1. The zero-order valence-corrected chi connectivity index (χ0v) is 14.2. The number of benzene rings is 1. The van der Waals surface area contributed by atoms with Crippen LogP contribution in [0.5, 0.6) is 5.75 Å². The summed E-state index contributed by atoms with van der Waals surface area (Å²) in [6.45, 7) is -0.603. The number of carbonyl (C=O) groups is 1. The van der Waals surface area contributed by atoms with Crippen molar-refractivity contribution in [3.63, 3.8) is 0 Å². The van der Waals surface area contributed by atoms with Crippen LogP contribution in [0.1, 0.15) is 0 Å². The molecule has 25 heavy (non-hydrogen) atoms. The van der Waals surface area contributed by atoms with Gasteiger partial charge in [0.1, 0.15) is 23.8 Å². The smallest absolute Gasteiger partial charge is 0.326 e. The van der Waals surface area contributed by atoms with Crippen molar-refractivity contribution in [1.29, 1.82) is 0 Å². The molecule has 2 N–H and O–H groups in total. The Kier molecular flexibility index (Phi) is 3.99. The first kappa shape index (κ1) is 17.0. The Morgan fingerprint density at radius 3 is 2.52 bits per heavy atom. The molecule has 0 spiro atoms. The molecule has 0 aliphatic carbocycles. The number of halogens is 1. The van der Waals surface area contributed by atoms with Gasteiger partial charge in [-0.2, -0.15) is 8.42 Å². The van der Waals surface area contributed by atoms with Gasteiger partial charge in [-0.3, -0.25) is 4.79 Å². The van der Waals surface area contributed by atoms with Crippen LogP contribution in [0.4, 0.5) is 15.9 Å². The van der Waals surface area contributed by atoms with Crippen LogP contribution in [-0.2, 0) is 15.0 Å². The van der Waals surface area contributed by atoms with Crippen molar-refractivity contribution in [2.75, 3.05) is 29.8 Å². The van der Waals surface area contributed by atoms with Crippen molar-refractivity contribution < 1.29 is 22.7 Å². The van der Waals surface area contributed by atoms with E-state index < -0.39 is 39.9 Å². The van der Waals surface area contributed by atoms with Crippen molar-refractivity contribution in [1.82, 2.24) is 9.71 Å². The predicted molar refractivity (Wildman–Crippen MR) is 90.0 cm³/mol. The third kappa shape index (κ3) is 2.95. The Hall–Kier alpha value is -2.88. The van der Waals surface area contributed by atoms with E-state index in [4.69, 9.17) is 0 Å². The minimum atomic E-state index is -4.24. The lowest BCUT2D eigenvalue weighted by molar-refractivity contribution is -0.117. The summed E-state index contributed by atoms with van der Waals surface area (Å²) in [7, 11) is -0.622. The molecule has 3 rings (SSSR count). The Bertz CT molecular complexity index is 945. The third-order valence-corrected chi connectivity index (χ3v) is 5.06. The van der Waals surface area contributed by atoms with E-state index in [0.717, 1.165) is 0 Å². The molecule has 0 atom stereocenters. The molecule has 8 nitrogen and oxygen atoms in total. The lowest BCUT2D eigenvalue weighted by atomic mass is 10.1. The van der Waals surface area contributed by atoms with E-state index in [-0.39, 0.29) is 5.56 Å². The van der Waals surface area contributed by atoms with Gasteiger partial charge in [-0.05, 0) is 24.3 Å². The van der Waals surface area contributed by atoms with Gasteiger partial charge in [-0.1, -0.05) is 0 Å². The number of hydrogen-bond donors (Lipinski definition) is 2. The van der Waals surface area contributed by atoms with Crippen LogP contribution in [0.25, 0.3) is 11.1 Å². The van der Waals surface area contributed by atoms with Crippen LogP contribution in [0, 0.1) is 5.82 Å². The summed E-state index contributed by atoms with van der Waals surface area (Å²) >= 11 is 0. The average molecular weight is 366 g/mol. The molecule has 1 fully saturated rings. The van der Waals surface area contributed by atoms with Crippen molar-refractivity contribution in [2.24, 2.45) is 0 Å². The maximum absolute atomic E-state index is 15.0. The van der Waals surface area contributed by atoms with Gasteiger partial charge in [0.2, 0.25) is 0 Å². The molecule has 10 heteroatoms. The second-order valence-electron chi connectivity index (χ2n) is 5.63. The first-order chi connectivity index (χ1) is 11.7. The van der Waals surface area contributed by atoms with Crippen molar-refractivity contribution in [3.8, 4) is 16.9 Å². The lowest BCUT2D eigenvalue weighted by Crippen LogP contribution is -2.30. The molecule has 1 amide bonds. The van der Waals surface area contributed by atoms with Crippen molar-refractivity contribution in [2.45, 2.75) is 0 Å². The summed E-state index contributed by atoms with van der Waals surface area (Å²) in [6.07, 6.45) is 1.44.